The van der Waals surface area contributed by atoms with E-state index in [1.807, 2.05) is 0 Å². The maximum atomic E-state index is 12.7. The predicted molar refractivity (Wildman–Crippen MR) is 79.5 cm³/mol. The maximum Gasteiger partial charge on any atom is 0.242 e. The molecule has 0 radical (unpaired) electrons. The lowest BCUT2D eigenvalue weighted by atomic mass is 9.97. The quantitative estimate of drug-likeness (QED) is 0.819. The van der Waals surface area contributed by atoms with Gasteiger partial charge in [0.15, 0.2) is 0 Å². The second-order valence-corrected chi connectivity index (χ2v) is 5.75. The minimum absolute atomic E-state index is 0.0294. The molecule has 1 amide bonds. The van der Waals surface area contributed by atoms with Crippen molar-refractivity contribution in [2.45, 2.75) is 37.6 Å². The van der Waals surface area contributed by atoms with Crippen LogP contribution in [0.1, 0.15) is 32.1 Å². The van der Waals surface area contributed by atoms with Crippen LogP contribution in [0.25, 0.3) is 0 Å². The van der Waals surface area contributed by atoms with Crippen LogP contribution in [0.15, 0.2) is 24.3 Å². The Bertz CT molecular complexity index is 470. The van der Waals surface area contributed by atoms with Gasteiger partial charge in [0.25, 0.3) is 0 Å². The second kappa shape index (κ2) is 6.89. The minimum Gasteiger partial charge on any atom is -0.494 e. The van der Waals surface area contributed by atoms with Crippen LogP contribution in [-0.4, -0.2) is 36.5 Å². The van der Waals surface area contributed by atoms with Crippen molar-refractivity contribution in [2.24, 2.45) is 5.73 Å². The summed E-state index contributed by atoms with van der Waals surface area (Å²) in [5, 5.41) is 0. The van der Waals surface area contributed by atoms with Gasteiger partial charge < -0.3 is 15.4 Å². The fourth-order valence-corrected chi connectivity index (χ4v) is 2.72. The van der Waals surface area contributed by atoms with Gasteiger partial charge in [0, 0.05) is 13.6 Å². The molecule has 2 rings (SSSR count). The Morgan fingerprint density at radius 1 is 1.33 bits per heavy atom. The number of amides is 1. The molecule has 1 saturated carbocycles. The Hall–Kier alpha value is -1.62. The third-order valence-electron chi connectivity index (χ3n) is 3.99. The van der Waals surface area contributed by atoms with Gasteiger partial charge in [-0.15, -0.1) is 0 Å². The zero-order chi connectivity index (χ0) is 15.3. The van der Waals surface area contributed by atoms with E-state index in [2.05, 4.69) is 0 Å². The Morgan fingerprint density at radius 2 is 1.95 bits per heavy atom. The number of rotatable bonds is 6. The lowest BCUT2D eigenvalue weighted by molar-refractivity contribution is -0.135. The Kier molecular flexibility index (Phi) is 5.17. The van der Waals surface area contributed by atoms with E-state index in [-0.39, 0.29) is 11.7 Å². The molecule has 0 bridgehead atoms. The molecule has 21 heavy (non-hydrogen) atoms. The number of hydrogen-bond donors (Lipinski definition) is 1. The van der Waals surface area contributed by atoms with E-state index in [1.165, 1.54) is 12.1 Å². The summed E-state index contributed by atoms with van der Waals surface area (Å²) in [5.74, 6) is 0.385. The molecule has 0 atom stereocenters. The molecule has 0 aromatic heterocycles. The fourth-order valence-electron chi connectivity index (χ4n) is 2.72. The molecule has 1 aromatic carbocycles. The monoisotopic (exact) mass is 294 g/mol. The molecule has 2 N–H and O–H groups in total. The van der Waals surface area contributed by atoms with E-state index >= 15 is 0 Å². The van der Waals surface area contributed by atoms with Gasteiger partial charge in [0.1, 0.15) is 11.6 Å². The Balaban J connectivity index is 1.70. The molecule has 0 spiro atoms. The maximum absolute atomic E-state index is 12.7. The number of carbonyl (C=O) groups excluding carboxylic acids is 1. The number of nitrogens with two attached hydrogens (primary N) is 1. The number of carbonyl (C=O) groups is 1. The molecule has 1 fully saturated rings. The van der Waals surface area contributed by atoms with Gasteiger partial charge in [-0.25, -0.2) is 4.39 Å². The van der Waals surface area contributed by atoms with Gasteiger partial charge in [0.2, 0.25) is 5.91 Å². The van der Waals surface area contributed by atoms with Crippen LogP contribution in [0.3, 0.4) is 0 Å². The molecule has 1 aromatic rings. The first-order chi connectivity index (χ1) is 10.0. The number of benzene rings is 1. The Morgan fingerprint density at radius 3 is 2.57 bits per heavy atom. The molecule has 4 nitrogen and oxygen atoms in total. The predicted octanol–water partition coefficient (Wildman–Crippen LogP) is 2.32. The molecule has 0 unspecified atom stereocenters. The van der Waals surface area contributed by atoms with Gasteiger partial charge in [-0.3, -0.25) is 4.79 Å². The summed E-state index contributed by atoms with van der Waals surface area (Å²) in [6, 6.07) is 5.92. The zero-order valence-electron chi connectivity index (χ0n) is 12.5. The lowest BCUT2D eigenvalue weighted by Crippen LogP contribution is -2.52. The van der Waals surface area contributed by atoms with Crippen LogP contribution in [0.2, 0.25) is 0 Å². The third kappa shape index (κ3) is 4.17. The van der Waals surface area contributed by atoms with Gasteiger partial charge in [-0.2, -0.15) is 0 Å². The zero-order valence-corrected chi connectivity index (χ0v) is 12.5. The summed E-state index contributed by atoms with van der Waals surface area (Å²) in [6.45, 7) is 1.10. The first-order valence-corrected chi connectivity index (χ1v) is 7.44. The molecular formula is C16H23FN2O2. The normalized spacial score (nSPS) is 16.7. The van der Waals surface area contributed by atoms with E-state index in [0.29, 0.717) is 18.9 Å². The highest BCUT2D eigenvalue weighted by Gasteiger charge is 2.38. The van der Waals surface area contributed by atoms with Gasteiger partial charge >= 0.3 is 0 Å². The van der Waals surface area contributed by atoms with Crippen LogP contribution < -0.4 is 10.5 Å². The van der Waals surface area contributed by atoms with Crippen LogP contribution >= 0.6 is 0 Å². The van der Waals surface area contributed by atoms with Crippen molar-refractivity contribution in [1.82, 2.24) is 4.90 Å². The molecule has 116 valence electrons. The summed E-state index contributed by atoms with van der Waals surface area (Å²) >= 11 is 0. The highest BCUT2D eigenvalue weighted by Crippen LogP contribution is 2.28. The minimum atomic E-state index is -0.660. The van der Waals surface area contributed by atoms with E-state index in [4.69, 9.17) is 10.5 Å². The first kappa shape index (κ1) is 15.8. The topological polar surface area (TPSA) is 55.6 Å². The summed E-state index contributed by atoms with van der Waals surface area (Å²) in [7, 11) is 1.78. The molecule has 5 heteroatoms. The van der Waals surface area contributed by atoms with Gasteiger partial charge in [0.05, 0.1) is 12.1 Å². The molecular weight excluding hydrogens is 271 g/mol. The van der Waals surface area contributed by atoms with Crippen molar-refractivity contribution in [1.29, 1.82) is 0 Å². The number of hydrogen-bond acceptors (Lipinski definition) is 3. The van der Waals surface area contributed by atoms with E-state index < -0.39 is 5.54 Å². The van der Waals surface area contributed by atoms with Crippen molar-refractivity contribution in [3.8, 4) is 5.75 Å². The summed E-state index contributed by atoms with van der Waals surface area (Å²) in [6.07, 6.45) is 4.34. The third-order valence-corrected chi connectivity index (χ3v) is 3.99. The molecule has 0 heterocycles. The van der Waals surface area contributed by atoms with Crippen molar-refractivity contribution >= 4 is 5.91 Å². The van der Waals surface area contributed by atoms with Crippen molar-refractivity contribution in [3.63, 3.8) is 0 Å². The highest BCUT2D eigenvalue weighted by atomic mass is 19.1. The smallest absolute Gasteiger partial charge is 0.242 e. The van der Waals surface area contributed by atoms with Crippen molar-refractivity contribution < 1.29 is 13.9 Å². The second-order valence-electron chi connectivity index (χ2n) is 5.75. The standard InChI is InChI=1S/C16H23FN2O2/c1-19(15(20)16(18)9-2-3-10-16)11-4-12-21-14-7-5-13(17)6-8-14/h5-8H,2-4,9-12,18H2,1H3. The van der Waals surface area contributed by atoms with E-state index in [0.717, 1.165) is 32.1 Å². The average Bonchev–Trinajstić information content (AvgIpc) is 2.92. The fraction of sp³-hybridized carbons (Fsp3) is 0.562. The lowest BCUT2D eigenvalue weighted by Gasteiger charge is -2.28. The summed E-state index contributed by atoms with van der Waals surface area (Å²) < 4.78 is 18.2. The molecule has 0 saturated heterocycles. The summed E-state index contributed by atoms with van der Waals surface area (Å²) in [4.78, 5) is 14.0. The number of halogens is 1. The molecule has 1 aliphatic carbocycles. The van der Waals surface area contributed by atoms with Crippen molar-refractivity contribution in [2.75, 3.05) is 20.2 Å². The van der Waals surface area contributed by atoms with E-state index in [9.17, 15) is 9.18 Å². The van der Waals surface area contributed by atoms with Crippen LogP contribution in [0.5, 0.6) is 5.75 Å². The highest BCUT2D eigenvalue weighted by molar-refractivity contribution is 5.86. The number of likely N-dealkylation sites (N-methyl/N-ethyl adjacent to an activating group) is 1. The van der Waals surface area contributed by atoms with Crippen LogP contribution in [-0.2, 0) is 4.79 Å². The van der Waals surface area contributed by atoms with Gasteiger partial charge in [-0.1, -0.05) is 12.8 Å². The Labute approximate surface area is 125 Å². The molecule has 1 aliphatic rings. The SMILES string of the molecule is CN(CCCOc1ccc(F)cc1)C(=O)C1(N)CCCC1. The van der Waals surface area contributed by atoms with Crippen LogP contribution in [0.4, 0.5) is 4.39 Å². The number of nitrogens with zero attached hydrogens (tertiary/aromatic N) is 1. The summed E-state index contributed by atoms with van der Waals surface area (Å²) in [5.41, 5.74) is 5.49. The van der Waals surface area contributed by atoms with Gasteiger partial charge in [-0.05, 0) is 43.5 Å². The van der Waals surface area contributed by atoms with Crippen LogP contribution in [0, 0.1) is 5.82 Å². The van der Waals surface area contributed by atoms with Crippen molar-refractivity contribution in [3.05, 3.63) is 30.1 Å². The largest absolute Gasteiger partial charge is 0.494 e. The first-order valence-electron chi connectivity index (χ1n) is 7.44. The molecule has 0 aliphatic heterocycles. The number of ether oxygens (including phenoxy) is 1. The van der Waals surface area contributed by atoms with E-state index in [1.54, 1.807) is 24.1 Å². The average molecular weight is 294 g/mol.